The first-order chi connectivity index (χ1) is 9.83. The van der Waals surface area contributed by atoms with Gasteiger partial charge in [-0.1, -0.05) is 12.1 Å². The lowest BCUT2D eigenvalue weighted by molar-refractivity contribution is 0.714. The van der Waals surface area contributed by atoms with Gasteiger partial charge in [-0.25, -0.2) is 4.68 Å². The summed E-state index contributed by atoms with van der Waals surface area (Å²) in [6, 6.07) is 12.0. The third-order valence-electron chi connectivity index (χ3n) is 2.99. The van der Waals surface area contributed by atoms with Crippen LogP contribution in [0.3, 0.4) is 0 Å². The molecule has 0 aliphatic carbocycles. The molecule has 0 aliphatic rings. The van der Waals surface area contributed by atoms with Crippen LogP contribution in [0.4, 0.5) is 5.69 Å². The lowest BCUT2D eigenvalue weighted by Gasteiger charge is -2.07. The highest BCUT2D eigenvalue weighted by Gasteiger charge is 2.06. The molecule has 2 aromatic heterocycles. The lowest BCUT2D eigenvalue weighted by atomic mass is 10.2. The van der Waals surface area contributed by atoms with Gasteiger partial charge in [0.1, 0.15) is 0 Å². The van der Waals surface area contributed by atoms with E-state index in [-0.39, 0.29) is 0 Å². The zero-order valence-electron chi connectivity index (χ0n) is 11.1. The van der Waals surface area contributed by atoms with Crippen molar-refractivity contribution in [2.75, 3.05) is 5.32 Å². The molecule has 6 heteroatoms. The second kappa shape index (κ2) is 5.48. The molecule has 0 saturated heterocycles. The maximum absolute atomic E-state index is 4.01. The molecule has 0 aliphatic heterocycles. The maximum atomic E-state index is 4.01. The number of tetrazole rings is 1. The van der Waals surface area contributed by atoms with Crippen molar-refractivity contribution in [3.05, 3.63) is 54.4 Å². The molecule has 0 unspecified atom stereocenters. The summed E-state index contributed by atoms with van der Waals surface area (Å²) >= 11 is 0. The van der Waals surface area contributed by atoms with Crippen molar-refractivity contribution in [1.29, 1.82) is 0 Å². The molecule has 0 fully saturated rings. The fourth-order valence-electron chi connectivity index (χ4n) is 1.95. The molecule has 0 atom stereocenters. The van der Waals surface area contributed by atoms with Crippen LogP contribution in [0.25, 0.3) is 11.4 Å². The van der Waals surface area contributed by atoms with Crippen molar-refractivity contribution in [2.24, 2.45) is 7.05 Å². The Bertz CT molecular complexity index is 692. The van der Waals surface area contributed by atoms with Gasteiger partial charge in [0.05, 0.1) is 0 Å². The van der Waals surface area contributed by atoms with E-state index in [0.717, 1.165) is 23.6 Å². The van der Waals surface area contributed by atoms with E-state index in [1.807, 2.05) is 43.4 Å². The first kappa shape index (κ1) is 12.3. The number of anilines is 1. The van der Waals surface area contributed by atoms with Gasteiger partial charge in [-0.2, -0.15) is 0 Å². The van der Waals surface area contributed by atoms with E-state index in [2.05, 4.69) is 25.8 Å². The number of nitrogens with one attached hydrogen (secondary N) is 1. The smallest absolute Gasteiger partial charge is 0.181 e. The normalized spacial score (nSPS) is 10.4. The van der Waals surface area contributed by atoms with Crippen molar-refractivity contribution in [3.8, 4) is 11.4 Å². The predicted molar refractivity (Wildman–Crippen MR) is 75.8 cm³/mol. The van der Waals surface area contributed by atoms with Crippen LogP contribution in [0.15, 0.2) is 48.8 Å². The molecule has 2 heterocycles. The number of hydrogen-bond acceptors (Lipinski definition) is 5. The second-order valence-corrected chi connectivity index (χ2v) is 4.42. The molecule has 0 bridgehead atoms. The minimum Gasteiger partial charge on any atom is -0.381 e. The largest absolute Gasteiger partial charge is 0.381 e. The zero-order chi connectivity index (χ0) is 13.8. The molecular formula is C14H14N6. The Morgan fingerprint density at radius 1 is 1.15 bits per heavy atom. The van der Waals surface area contributed by atoms with Crippen LogP contribution in [-0.2, 0) is 13.6 Å². The SMILES string of the molecule is Cn1nnnc1-c1cccc(NCc2ccncc2)c1. The van der Waals surface area contributed by atoms with Crippen molar-refractivity contribution < 1.29 is 0 Å². The summed E-state index contributed by atoms with van der Waals surface area (Å²) < 4.78 is 1.65. The summed E-state index contributed by atoms with van der Waals surface area (Å²) in [6.07, 6.45) is 3.58. The van der Waals surface area contributed by atoms with Crippen LogP contribution in [0.1, 0.15) is 5.56 Å². The average Bonchev–Trinajstić information content (AvgIpc) is 2.93. The molecule has 6 nitrogen and oxygen atoms in total. The first-order valence-electron chi connectivity index (χ1n) is 6.28. The van der Waals surface area contributed by atoms with E-state index < -0.39 is 0 Å². The zero-order valence-corrected chi connectivity index (χ0v) is 11.1. The number of aromatic nitrogens is 5. The van der Waals surface area contributed by atoms with Crippen molar-refractivity contribution in [3.63, 3.8) is 0 Å². The van der Waals surface area contributed by atoms with E-state index >= 15 is 0 Å². The Labute approximate surface area is 116 Å². The summed E-state index contributed by atoms with van der Waals surface area (Å²) in [5.74, 6) is 0.748. The number of rotatable bonds is 4. The van der Waals surface area contributed by atoms with Gasteiger partial charge in [-0.3, -0.25) is 4.98 Å². The van der Waals surface area contributed by atoms with Gasteiger partial charge >= 0.3 is 0 Å². The van der Waals surface area contributed by atoms with Crippen molar-refractivity contribution in [2.45, 2.75) is 6.54 Å². The third kappa shape index (κ3) is 2.64. The Balaban J connectivity index is 1.77. The van der Waals surface area contributed by atoms with Crippen molar-refractivity contribution >= 4 is 5.69 Å². The van der Waals surface area contributed by atoms with E-state index in [0.29, 0.717) is 0 Å². The molecule has 0 spiro atoms. The van der Waals surface area contributed by atoms with Gasteiger partial charge in [0, 0.05) is 37.2 Å². The molecule has 1 N–H and O–H groups in total. The van der Waals surface area contributed by atoms with Gasteiger partial charge in [0.25, 0.3) is 0 Å². The fourth-order valence-corrected chi connectivity index (χ4v) is 1.95. The van der Waals surface area contributed by atoms with Gasteiger partial charge in [-0.05, 0) is 40.3 Å². The molecule has 3 aromatic rings. The van der Waals surface area contributed by atoms with Crippen LogP contribution in [0, 0.1) is 0 Å². The number of hydrogen-bond donors (Lipinski definition) is 1. The quantitative estimate of drug-likeness (QED) is 0.781. The summed E-state index contributed by atoms with van der Waals surface area (Å²) in [7, 11) is 1.83. The number of pyridine rings is 1. The third-order valence-corrected chi connectivity index (χ3v) is 2.99. The van der Waals surface area contributed by atoms with Crippen LogP contribution < -0.4 is 5.32 Å². The molecule has 100 valence electrons. The van der Waals surface area contributed by atoms with Gasteiger partial charge in [0.2, 0.25) is 0 Å². The summed E-state index contributed by atoms with van der Waals surface area (Å²) in [5, 5.41) is 14.9. The molecule has 20 heavy (non-hydrogen) atoms. The Morgan fingerprint density at radius 3 is 2.75 bits per heavy atom. The molecule has 3 rings (SSSR count). The van der Waals surface area contributed by atoms with Crippen molar-refractivity contribution in [1.82, 2.24) is 25.2 Å². The number of nitrogens with zero attached hydrogens (tertiary/aromatic N) is 5. The molecule has 0 saturated carbocycles. The van der Waals surface area contributed by atoms with Crippen LogP contribution in [0.5, 0.6) is 0 Å². The standard InChI is InChI=1S/C14H14N6/c1-20-14(17-18-19-20)12-3-2-4-13(9-12)16-10-11-5-7-15-8-6-11/h2-9,16H,10H2,1H3. The highest BCUT2D eigenvalue weighted by atomic mass is 15.5. The Hall–Kier alpha value is -2.76. The second-order valence-electron chi connectivity index (χ2n) is 4.42. The highest BCUT2D eigenvalue weighted by Crippen LogP contribution is 2.19. The first-order valence-corrected chi connectivity index (χ1v) is 6.28. The lowest BCUT2D eigenvalue weighted by Crippen LogP contribution is -2.00. The van der Waals surface area contributed by atoms with Gasteiger partial charge in [-0.15, -0.1) is 5.10 Å². The Morgan fingerprint density at radius 2 is 2.00 bits per heavy atom. The number of benzene rings is 1. The Kier molecular flexibility index (Phi) is 3.36. The molecule has 0 radical (unpaired) electrons. The van der Waals surface area contributed by atoms with Crippen LogP contribution in [-0.4, -0.2) is 25.2 Å². The van der Waals surface area contributed by atoms with Crippen LogP contribution in [0.2, 0.25) is 0 Å². The van der Waals surface area contributed by atoms with E-state index in [4.69, 9.17) is 0 Å². The molecular weight excluding hydrogens is 252 g/mol. The van der Waals surface area contributed by atoms with E-state index in [9.17, 15) is 0 Å². The number of aryl methyl sites for hydroxylation is 1. The van der Waals surface area contributed by atoms with Gasteiger partial charge in [0.15, 0.2) is 5.82 Å². The predicted octanol–water partition coefficient (Wildman–Crippen LogP) is 1.88. The highest BCUT2D eigenvalue weighted by molar-refractivity contribution is 5.62. The summed E-state index contributed by atoms with van der Waals surface area (Å²) in [5.41, 5.74) is 3.20. The topological polar surface area (TPSA) is 68.5 Å². The minimum atomic E-state index is 0.748. The minimum absolute atomic E-state index is 0.748. The fraction of sp³-hybridized carbons (Fsp3) is 0.143. The molecule has 0 amide bonds. The van der Waals surface area contributed by atoms with E-state index in [1.165, 1.54) is 5.56 Å². The van der Waals surface area contributed by atoms with Crippen LogP contribution >= 0.6 is 0 Å². The molecule has 1 aromatic carbocycles. The summed E-state index contributed by atoms with van der Waals surface area (Å²) in [6.45, 7) is 0.753. The maximum Gasteiger partial charge on any atom is 0.181 e. The average molecular weight is 266 g/mol. The van der Waals surface area contributed by atoms with Gasteiger partial charge < -0.3 is 5.32 Å². The summed E-state index contributed by atoms with van der Waals surface area (Å²) in [4.78, 5) is 4.01. The monoisotopic (exact) mass is 266 g/mol. The van der Waals surface area contributed by atoms with E-state index in [1.54, 1.807) is 17.1 Å².